The molecular formula is C19H24INO5. The number of carbonyl (C=O) groups excluding carboxylic acids is 1. The maximum absolute atomic E-state index is 13.2. The van der Waals surface area contributed by atoms with Crippen molar-refractivity contribution in [3.8, 4) is 0 Å². The van der Waals surface area contributed by atoms with Gasteiger partial charge in [-0.25, -0.2) is 0 Å². The highest BCUT2D eigenvalue weighted by molar-refractivity contribution is 14.1. The number of carbonyl (C=O) groups is 1. The van der Waals surface area contributed by atoms with E-state index in [0.717, 1.165) is 14.8 Å². The maximum Gasteiger partial charge on any atom is 0.255 e. The summed E-state index contributed by atoms with van der Waals surface area (Å²) in [5.74, 6) is -0.551. The zero-order valence-electron chi connectivity index (χ0n) is 14.9. The number of hydrogen-bond acceptors (Lipinski definition) is 5. The van der Waals surface area contributed by atoms with Gasteiger partial charge in [0, 0.05) is 29.1 Å². The molecule has 1 aliphatic carbocycles. The SMILES string of the molecule is COCCOCN(C(=O)C1=CCC2(CC1)OCCO2)c1ccccc1I. The van der Waals surface area contributed by atoms with E-state index in [1.807, 2.05) is 30.3 Å². The molecule has 2 aliphatic rings. The highest BCUT2D eigenvalue weighted by atomic mass is 127. The van der Waals surface area contributed by atoms with E-state index in [4.69, 9.17) is 18.9 Å². The van der Waals surface area contributed by atoms with Crippen LogP contribution in [0.3, 0.4) is 0 Å². The van der Waals surface area contributed by atoms with Crippen LogP contribution >= 0.6 is 22.6 Å². The van der Waals surface area contributed by atoms with Crippen LogP contribution in [0, 0.1) is 3.57 Å². The lowest BCUT2D eigenvalue weighted by molar-refractivity contribution is -0.161. The van der Waals surface area contributed by atoms with Crippen molar-refractivity contribution in [2.75, 3.05) is 45.2 Å². The molecule has 1 aromatic rings. The Labute approximate surface area is 167 Å². The Morgan fingerprint density at radius 1 is 1.27 bits per heavy atom. The van der Waals surface area contributed by atoms with Crippen LogP contribution in [-0.4, -0.2) is 52.0 Å². The summed E-state index contributed by atoms with van der Waals surface area (Å²) in [5, 5.41) is 0. The minimum absolute atomic E-state index is 0.0284. The number of anilines is 1. The van der Waals surface area contributed by atoms with Gasteiger partial charge in [-0.05, 0) is 41.1 Å². The van der Waals surface area contributed by atoms with Crippen molar-refractivity contribution in [2.24, 2.45) is 0 Å². The Balaban J connectivity index is 1.74. The second-order valence-corrected chi connectivity index (χ2v) is 7.42. The zero-order chi connectivity index (χ0) is 18.4. The highest BCUT2D eigenvalue weighted by Crippen LogP contribution is 2.36. The molecular weight excluding hydrogens is 449 g/mol. The molecule has 1 heterocycles. The monoisotopic (exact) mass is 473 g/mol. The first-order valence-corrected chi connectivity index (χ1v) is 9.83. The van der Waals surface area contributed by atoms with Gasteiger partial charge in [-0.3, -0.25) is 9.69 Å². The van der Waals surface area contributed by atoms with Crippen molar-refractivity contribution in [1.82, 2.24) is 0 Å². The molecule has 1 amide bonds. The summed E-state index contributed by atoms with van der Waals surface area (Å²) in [6.45, 7) is 2.37. The number of methoxy groups -OCH3 is 1. The number of halogens is 1. The van der Waals surface area contributed by atoms with Crippen molar-refractivity contribution in [2.45, 2.75) is 25.0 Å². The Bertz CT molecular complexity index is 657. The Hall–Kier alpha value is -1.000. The third kappa shape index (κ3) is 4.64. The van der Waals surface area contributed by atoms with Gasteiger partial charge in [0.15, 0.2) is 5.79 Å². The molecule has 0 atom stereocenters. The summed E-state index contributed by atoms with van der Waals surface area (Å²) in [4.78, 5) is 14.9. The number of benzene rings is 1. The van der Waals surface area contributed by atoms with Crippen LogP contribution in [0.15, 0.2) is 35.9 Å². The fraction of sp³-hybridized carbons (Fsp3) is 0.526. The van der Waals surface area contributed by atoms with E-state index in [9.17, 15) is 4.79 Å². The Morgan fingerprint density at radius 3 is 2.69 bits per heavy atom. The van der Waals surface area contributed by atoms with E-state index >= 15 is 0 Å². The average molecular weight is 473 g/mol. The lowest BCUT2D eigenvalue weighted by atomic mass is 9.93. The molecule has 0 saturated carbocycles. The molecule has 0 unspecified atom stereocenters. The number of ether oxygens (including phenoxy) is 4. The van der Waals surface area contributed by atoms with Gasteiger partial charge in [0.05, 0.1) is 32.1 Å². The number of rotatable bonds is 7. The van der Waals surface area contributed by atoms with Crippen molar-refractivity contribution in [3.05, 3.63) is 39.5 Å². The molecule has 26 heavy (non-hydrogen) atoms. The number of para-hydroxylation sites is 1. The van der Waals surface area contributed by atoms with Crippen LogP contribution in [0.1, 0.15) is 19.3 Å². The van der Waals surface area contributed by atoms with Gasteiger partial charge in [-0.1, -0.05) is 18.2 Å². The standard InChI is InChI=1S/C19H24INO5/c1-23-10-11-24-14-21(17-5-3-2-4-16(17)20)18(22)15-6-8-19(9-7-15)25-12-13-26-19/h2-6H,7-14H2,1H3. The average Bonchev–Trinajstić information content (AvgIpc) is 3.11. The van der Waals surface area contributed by atoms with Crippen molar-refractivity contribution in [1.29, 1.82) is 0 Å². The summed E-state index contributed by atoms with van der Waals surface area (Å²) in [7, 11) is 1.63. The lowest BCUT2D eigenvalue weighted by Gasteiger charge is -2.32. The van der Waals surface area contributed by atoms with Gasteiger partial charge in [0.1, 0.15) is 6.73 Å². The molecule has 3 rings (SSSR count). The molecule has 1 saturated heterocycles. The van der Waals surface area contributed by atoms with Gasteiger partial charge in [0.2, 0.25) is 0 Å². The van der Waals surface area contributed by atoms with E-state index in [2.05, 4.69) is 22.6 Å². The van der Waals surface area contributed by atoms with Crippen LogP contribution in [0.4, 0.5) is 5.69 Å². The van der Waals surface area contributed by atoms with Gasteiger partial charge >= 0.3 is 0 Å². The van der Waals surface area contributed by atoms with E-state index in [-0.39, 0.29) is 12.6 Å². The summed E-state index contributed by atoms with van der Waals surface area (Å²) in [6, 6.07) is 7.80. The molecule has 1 spiro atoms. The third-order valence-electron chi connectivity index (χ3n) is 4.56. The van der Waals surface area contributed by atoms with E-state index in [1.54, 1.807) is 12.0 Å². The van der Waals surface area contributed by atoms with E-state index in [1.165, 1.54) is 0 Å². The van der Waals surface area contributed by atoms with Gasteiger partial charge < -0.3 is 18.9 Å². The molecule has 6 nitrogen and oxygen atoms in total. The van der Waals surface area contributed by atoms with Crippen molar-refractivity contribution in [3.63, 3.8) is 0 Å². The van der Waals surface area contributed by atoms with Crippen molar-refractivity contribution >= 4 is 34.2 Å². The number of hydrogen-bond donors (Lipinski definition) is 0. The highest BCUT2D eigenvalue weighted by Gasteiger charge is 2.39. The normalized spacial score (nSPS) is 18.8. The zero-order valence-corrected chi connectivity index (χ0v) is 17.1. The molecule has 0 N–H and O–H groups in total. The molecule has 142 valence electrons. The number of nitrogens with zero attached hydrogens (tertiary/aromatic N) is 1. The van der Waals surface area contributed by atoms with Gasteiger partial charge in [0.25, 0.3) is 5.91 Å². The maximum atomic E-state index is 13.2. The first-order chi connectivity index (χ1) is 12.7. The lowest BCUT2D eigenvalue weighted by Crippen LogP contribution is -2.38. The minimum atomic E-state index is -0.523. The molecule has 0 aromatic heterocycles. The Morgan fingerprint density at radius 2 is 2.04 bits per heavy atom. The summed E-state index contributed by atoms with van der Waals surface area (Å²) in [5.41, 5.74) is 1.63. The molecule has 1 aromatic carbocycles. The molecule has 0 radical (unpaired) electrons. The second kappa shape index (κ2) is 9.27. The topological polar surface area (TPSA) is 57.2 Å². The molecule has 0 bridgehead atoms. The first kappa shape index (κ1) is 19.8. The van der Waals surface area contributed by atoms with Crippen LogP contribution in [0.2, 0.25) is 0 Å². The van der Waals surface area contributed by atoms with Gasteiger partial charge in [-0.2, -0.15) is 0 Å². The van der Waals surface area contributed by atoms with Crippen molar-refractivity contribution < 1.29 is 23.7 Å². The molecule has 1 aliphatic heterocycles. The van der Waals surface area contributed by atoms with E-state index < -0.39 is 5.79 Å². The third-order valence-corrected chi connectivity index (χ3v) is 5.48. The predicted octanol–water partition coefficient (Wildman–Crippen LogP) is 3.10. The largest absolute Gasteiger partial charge is 0.382 e. The Kier molecular flexibility index (Phi) is 7.05. The smallest absolute Gasteiger partial charge is 0.255 e. The van der Waals surface area contributed by atoms with Crippen LogP contribution in [-0.2, 0) is 23.7 Å². The van der Waals surface area contributed by atoms with Crippen LogP contribution in [0.25, 0.3) is 0 Å². The predicted molar refractivity (Wildman–Crippen MR) is 106 cm³/mol. The fourth-order valence-electron chi connectivity index (χ4n) is 3.14. The van der Waals surface area contributed by atoms with Crippen LogP contribution < -0.4 is 4.90 Å². The molecule has 7 heteroatoms. The quantitative estimate of drug-likeness (QED) is 0.346. The summed E-state index contributed by atoms with van der Waals surface area (Å²) < 4.78 is 23.1. The van der Waals surface area contributed by atoms with Crippen LogP contribution in [0.5, 0.6) is 0 Å². The fourth-order valence-corrected chi connectivity index (χ4v) is 3.82. The molecule has 1 fully saturated rings. The number of amides is 1. The van der Waals surface area contributed by atoms with E-state index in [0.29, 0.717) is 45.7 Å². The van der Waals surface area contributed by atoms with Gasteiger partial charge in [-0.15, -0.1) is 0 Å². The summed E-state index contributed by atoms with van der Waals surface area (Å²) >= 11 is 2.24. The second-order valence-electron chi connectivity index (χ2n) is 6.26. The minimum Gasteiger partial charge on any atom is -0.382 e. The first-order valence-electron chi connectivity index (χ1n) is 8.75. The summed E-state index contributed by atoms with van der Waals surface area (Å²) in [6.07, 6.45) is 3.90.